The van der Waals surface area contributed by atoms with Crippen LogP contribution in [0.2, 0.25) is 0 Å². The number of aromatic nitrogens is 1. The fourth-order valence-electron chi connectivity index (χ4n) is 1.57. The zero-order chi connectivity index (χ0) is 12.3. The van der Waals surface area contributed by atoms with Crippen molar-refractivity contribution in [3.63, 3.8) is 0 Å². The topological polar surface area (TPSA) is 22.1 Å². The maximum absolute atomic E-state index is 5.75. The molecule has 0 spiro atoms. The fraction of sp³-hybridized carbons (Fsp3) is 0.267. The Morgan fingerprint density at radius 2 is 1.76 bits per heavy atom. The summed E-state index contributed by atoms with van der Waals surface area (Å²) in [6.45, 7) is 6.57. The molecular formula is C15H17NO. The minimum atomic E-state index is 0.133. The molecule has 2 rings (SSSR count). The van der Waals surface area contributed by atoms with E-state index < -0.39 is 0 Å². The Bertz CT molecular complexity index is 486. The van der Waals surface area contributed by atoms with Crippen LogP contribution < -0.4 is 4.74 Å². The molecule has 0 radical (unpaired) electrons. The summed E-state index contributed by atoms with van der Waals surface area (Å²) in [5.74, 6) is 1.61. The normalized spacial score (nSPS) is 11.2. The van der Waals surface area contributed by atoms with Crippen LogP contribution in [-0.2, 0) is 5.41 Å². The predicted octanol–water partition coefficient (Wildman–Crippen LogP) is 4.17. The van der Waals surface area contributed by atoms with Crippen LogP contribution in [0.4, 0.5) is 0 Å². The molecule has 0 bridgehead atoms. The van der Waals surface area contributed by atoms with E-state index in [4.69, 9.17) is 4.74 Å². The lowest BCUT2D eigenvalue weighted by molar-refractivity contribution is 0.476. The Labute approximate surface area is 102 Å². The number of nitrogens with zero attached hydrogens (tertiary/aromatic N) is 1. The zero-order valence-corrected chi connectivity index (χ0v) is 10.5. The van der Waals surface area contributed by atoms with E-state index in [9.17, 15) is 0 Å². The first-order valence-electron chi connectivity index (χ1n) is 5.74. The Hall–Kier alpha value is -1.83. The summed E-state index contributed by atoms with van der Waals surface area (Å²) in [5, 5.41) is 0. The van der Waals surface area contributed by atoms with Gasteiger partial charge >= 0.3 is 0 Å². The van der Waals surface area contributed by atoms with Crippen molar-refractivity contribution in [2.24, 2.45) is 0 Å². The molecule has 0 aliphatic heterocycles. The highest BCUT2D eigenvalue weighted by atomic mass is 16.5. The molecule has 17 heavy (non-hydrogen) atoms. The number of benzene rings is 1. The van der Waals surface area contributed by atoms with Gasteiger partial charge in [0.25, 0.3) is 0 Å². The Morgan fingerprint density at radius 3 is 2.41 bits per heavy atom. The standard InChI is InChI=1S/C15H17NO/c1-15(2,3)12-6-4-7-13(10-12)17-14-8-5-9-16-11-14/h4-11H,1-3H3. The van der Waals surface area contributed by atoms with Crippen LogP contribution >= 0.6 is 0 Å². The van der Waals surface area contributed by atoms with Gasteiger partial charge in [0, 0.05) is 6.20 Å². The molecule has 0 aliphatic carbocycles. The molecule has 0 amide bonds. The van der Waals surface area contributed by atoms with Crippen molar-refractivity contribution in [1.82, 2.24) is 4.98 Å². The molecule has 0 saturated heterocycles. The number of hydrogen-bond acceptors (Lipinski definition) is 2. The average molecular weight is 227 g/mol. The van der Waals surface area contributed by atoms with E-state index in [0.29, 0.717) is 0 Å². The van der Waals surface area contributed by atoms with Crippen LogP contribution in [0.1, 0.15) is 26.3 Å². The summed E-state index contributed by atoms with van der Waals surface area (Å²) in [7, 11) is 0. The molecule has 0 saturated carbocycles. The lowest BCUT2D eigenvalue weighted by atomic mass is 9.87. The van der Waals surface area contributed by atoms with Gasteiger partial charge in [-0.1, -0.05) is 32.9 Å². The smallest absolute Gasteiger partial charge is 0.145 e. The number of hydrogen-bond donors (Lipinski definition) is 0. The van der Waals surface area contributed by atoms with E-state index in [-0.39, 0.29) is 5.41 Å². The lowest BCUT2D eigenvalue weighted by Crippen LogP contribution is -2.10. The largest absolute Gasteiger partial charge is 0.456 e. The Morgan fingerprint density at radius 1 is 1.00 bits per heavy atom. The number of ether oxygens (including phenoxy) is 1. The van der Waals surface area contributed by atoms with Crippen molar-refractivity contribution < 1.29 is 4.74 Å². The zero-order valence-electron chi connectivity index (χ0n) is 10.5. The van der Waals surface area contributed by atoms with E-state index in [2.05, 4.69) is 37.9 Å². The van der Waals surface area contributed by atoms with E-state index in [1.54, 1.807) is 12.4 Å². The van der Waals surface area contributed by atoms with Crippen molar-refractivity contribution in [3.8, 4) is 11.5 Å². The SMILES string of the molecule is CC(C)(C)c1cccc(Oc2cccnc2)c1. The van der Waals surface area contributed by atoms with Gasteiger partial charge in [-0.05, 0) is 35.2 Å². The van der Waals surface area contributed by atoms with Crippen molar-refractivity contribution in [2.75, 3.05) is 0 Å². The molecule has 0 unspecified atom stereocenters. The highest BCUT2D eigenvalue weighted by Crippen LogP contribution is 2.27. The van der Waals surface area contributed by atoms with E-state index in [1.165, 1.54) is 5.56 Å². The molecule has 1 aromatic heterocycles. The molecule has 1 aromatic carbocycles. The summed E-state index contributed by atoms with van der Waals surface area (Å²) in [6, 6.07) is 11.9. The molecule has 0 fully saturated rings. The maximum atomic E-state index is 5.75. The third-order valence-corrected chi connectivity index (χ3v) is 2.57. The molecule has 2 heteroatoms. The van der Waals surface area contributed by atoms with Gasteiger partial charge in [-0.2, -0.15) is 0 Å². The Balaban J connectivity index is 2.23. The lowest BCUT2D eigenvalue weighted by Gasteiger charge is -2.19. The van der Waals surface area contributed by atoms with E-state index >= 15 is 0 Å². The van der Waals surface area contributed by atoms with Crippen LogP contribution in [0.25, 0.3) is 0 Å². The predicted molar refractivity (Wildman–Crippen MR) is 69.5 cm³/mol. The van der Waals surface area contributed by atoms with Gasteiger partial charge in [0.1, 0.15) is 11.5 Å². The molecule has 88 valence electrons. The summed E-state index contributed by atoms with van der Waals surface area (Å²) in [6.07, 6.45) is 3.45. The molecule has 0 N–H and O–H groups in total. The quantitative estimate of drug-likeness (QED) is 0.768. The van der Waals surface area contributed by atoms with Crippen LogP contribution in [-0.4, -0.2) is 4.98 Å². The van der Waals surface area contributed by atoms with Gasteiger partial charge in [-0.15, -0.1) is 0 Å². The summed E-state index contributed by atoms with van der Waals surface area (Å²) >= 11 is 0. The average Bonchev–Trinajstić information content (AvgIpc) is 2.29. The maximum Gasteiger partial charge on any atom is 0.145 e. The highest BCUT2D eigenvalue weighted by molar-refractivity contribution is 5.35. The van der Waals surface area contributed by atoms with E-state index in [0.717, 1.165) is 11.5 Å². The summed E-state index contributed by atoms with van der Waals surface area (Å²) < 4.78 is 5.75. The second-order valence-corrected chi connectivity index (χ2v) is 5.07. The molecule has 0 atom stereocenters. The van der Waals surface area contributed by atoms with Gasteiger partial charge in [0.05, 0.1) is 6.20 Å². The minimum absolute atomic E-state index is 0.133. The van der Waals surface area contributed by atoms with Crippen molar-refractivity contribution in [2.45, 2.75) is 26.2 Å². The van der Waals surface area contributed by atoms with Gasteiger partial charge in [-0.25, -0.2) is 0 Å². The Kier molecular flexibility index (Phi) is 3.14. The van der Waals surface area contributed by atoms with Gasteiger partial charge < -0.3 is 4.74 Å². The molecular weight excluding hydrogens is 210 g/mol. The third kappa shape index (κ3) is 3.06. The third-order valence-electron chi connectivity index (χ3n) is 2.57. The van der Waals surface area contributed by atoms with Crippen molar-refractivity contribution in [1.29, 1.82) is 0 Å². The molecule has 2 aromatic rings. The summed E-state index contributed by atoms with van der Waals surface area (Å²) in [5.41, 5.74) is 1.40. The van der Waals surface area contributed by atoms with Crippen LogP contribution in [0.3, 0.4) is 0 Å². The monoisotopic (exact) mass is 227 g/mol. The fourth-order valence-corrected chi connectivity index (χ4v) is 1.57. The number of rotatable bonds is 2. The van der Waals surface area contributed by atoms with Gasteiger partial charge in [0.15, 0.2) is 0 Å². The minimum Gasteiger partial charge on any atom is -0.456 e. The van der Waals surface area contributed by atoms with Crippen LogP contribution in [0.15, 0.2) is 48.8 Å². The molecule has 2 nitrogen and oxygen atoms in total. The van der Waals surface area contributed by atoms with Gasteiger partial charge in [0.2, 0.25) is 0 Å². The van der Waals surface area contributed by atoms with E-state index in [1.807, 2.05) is 24.3 Å². The van der Waals surface area contributed by atoms with Crippen molar-refractivity contribution >= 4 is 0 Å². The van der Waals surface area contributed by atoms with Crippen molar-refractivity contribution in [3.05, 3.63) is 54.4 Å². The first-order chi connectivity index (χ1) is 8.05. The summed E-state index contributed by atoms with van der Waals surface area (Å²) in [4.78, 5) is 4.03. The second-order valence-electron chi connectivity index (χ2n) is 5.07. The molecule has 0 aliphatic rings. The highest BCUT2D eigenvalue weighted by Gasteiger charge is 2.13. The van der Waals surface area contributed by atoms with Crippen LogP contribution in [0, 0.1) is 0 Å². The number of pyridine rings is 1. The van der Waals surface area contributed by atoms with Crippen LogP contribution in [0.5, 0.6) is 11.5 Å². The first-order valence-corrected chi connectivity index (χ1v) is 5.74. The first kappa shape index (κ1) is 11.6. The second kappa shape index (κ2) is 4.58. The van der Waals surface area contributed by atoms with Gasteiger partial charge in [-0.3, -0.25) is 4.98 Å². The molecule has 1 heterocycles.